The minimum Gasteiger partial charge on any atom is -0.493 e. The highest BCUT2D eigenvalue weighted by Gasteiger charge is 2.10. The molecule has 0 amide bonds. The van der Waals surface area contributed by atoms with Crippen LogP contribution in [0.4, 0.5) is 5.13 Å². The van der Waals surface area contributed by atoms with Crippen LogP contribution >= 0.6 is 11.3 Å². The Hall–Kier alpha value is -2.41. The highest BCUT2D eigenvalue weighted by atomic mass is 32.1. The number of hydrogen-bond donors (Lipinski definition) is 1. The number of carbonyl (C=O) groups excluding carboxylic acids is 1. The van der Waals surface area contributed by atoms with E-state index in [-0.39, 0.29) is 5.78 Å². The molecular formula is C17H21N3O3S. The molecule has 0 unspecified atom stereocenters. The van der Waals surface area contributed by atoms with E-state index < -0.39 is 0 Å². The van der Waals surface area contributed by atoms with Gasteiger partial charge in [0.15, 0.2) is 17.3 Å². The number of ether oxygens (including phenoxy) is 2. The van der Waals surface area contributed by atoms with Crippen LogP contribution < -0.4 is 14.9 Å². The number of rotatable bonds is 8. The lowest BCUT2D eigenvalue weighted by Crippen LogP contribution is -1.98. The molecule has 2 rings (SSSR count). The van der Waals surface area contributed by atoms with Gasteiger partial charge in [-0.2, -0.15) is 5.10 Å². The number of aryl methyl sites for hydroxylation is 1. The molecule has 1 N–H and O–H groups in total. The highest BCUT2D eigenvalue weighted by molar-refractivity contribution is 7.17. The third kappa shape index (κ3) is 4.55. The van der Waals surface area contributed by atoms with Crippen LogP contribution in [0.25, 0.3) is 0 Å². The first-order valence-electron chi connectivity index (χ1n) is 7.63. The SMILES string of the molecule is CCCOc1ccc(/C=N\Nc2nc(C)c(C(C)=O)s2)cc1OC. The third-order valence-electron chi connectivity index (χ3n) is 3.14. The molecule has 0 aliphatic carbocycles. The zero-order valence-corrected chi connectivity index (χ0v) is 15.1. The first-order chi connectivity index (χ1) is 11.5. The Balaban J connectivity index is 2.06. The molecule has 24 heavy (non-hydrogen) atoms. The van der Waals surface area contributed by atoms with Gasteiger partial charge in [0, 0.05) is 6.92 Å². The van der Waals surface area contributed by atoms with E-state index >= 15 is 0 Å². The van der Waals surface area contributed by atoms with E-state index in [9.17, 15) is 4.79 Å². The predicted octanol–water partition coefficient (Wildman–Crippen LogP) is 3.90. The molecule has 1 aromatic heterocycles. The van der Waals surface area contributed by atoms with Gasteiger partial charge in [-0.3, -0.25) is 10.2 Å². The number of hydrazone groups is 1. The lowest BCUT2D eigenvalue weighted by atomic mass is 10.2. The third-order valence-corrected chi connectivity index (χ3v) is 4.30. The van der Waals surface area contributed by atoms with Crippen LogP contribution in [0.5, 0.6) is 11.5 Å². The van der Waals surface area contributed by atoms with E-state index in [1.54, 1.807) is 13.3 Å². The summed E-state index contributed by atoms with van der Waals surface area (Å²) >= 11 is 1.29. The van der Waals surface area contributed by atoms with E-state index in [0.29, 0.717) is 33.8 Å². The van der Waals surface area contributed by atoms with Crippen LogP contribution in [0.1, 0.15) is 41.2 Å². The lowest BCUT2D eigenvalue weighted by molar-refractivity contribution is 0.102. The van der Waals surface area contributed by atoms with Gasteiger partial charge >= 0.3 is 0 Å². The summed E-state index contributed by atoms with van der Waals surface area (Å²) in [4.78, 5) is 16.3. The van der Waals surface area contributed by atoms with Gasteiger partial charge < -0.3 is 9.47 Å². The molecule has 2 aromatic rings. The number of methoxy groups -OCH3 is 1. The van der Waals surface area contributed by atoms with Gasteiger partial charge in [-0.1, -0.05) is 18.3 Å². The van der Waals surface area contributed by atoms with Gasteiger partial charge in [-0.15, -0.1) is 0 Å². The number of hydrogen-bond acceptors (Lipinski definition) is 7. The fourth-order valence-corrected chi connectivity index (χ4v) is 2.84. The Morgan fingerprint density at radius 2 is 2.21 bits per heavy atom. The molecule has 1 heterocycles. The minimum atomic E-state index is 0.00874. The Morgan fingerprint density at radius 1 is 1.42 bits per heavy atom. The molecule has 0 atom stereocenters. The van der Waals surface area contributed by atoms with Crippen molar-refractivity contribution in [3.63, 3.8) is 0 Å². The van der Waals surface area contributed by atoms with E-state index in [4.69, 9.17) is 9.47 Å². The number of ketones is 1. The molecule has 0 fully saturated rings. The van der Waals surface area contributed by atoms with Gasteiger partial charge in [-0.05, 0) is 37.1 Å². The van der Waals surface area contributed by atoms with Gasteiger partial charge in [0.2, 0.25) is 5.13 Å². The van der Waals surface area contributed by atoms with Crippen molar-refractivity contribution in [1.82, 2.24) is 4.98 Å². The van der Waals surface area contributed by atoms with Gasteiger partial charge in [-0.25, -0.2) is 4.98 Å². The Morgan fingerprint density at radius 3 is 2.83 bits per heavy atom. The van der Waals surface area contributed by atoms with E-state index in [2.05, 4.69) is 22.4 Å². The summed E-state index contributed by atoms with van der Waals surface area (Å²) in [5.74, 6) is 1.39. The largest absolute Gasteiger partial charge is 0.493 e. The summed E-state index contributed by atoms with van der Waals surface area (Å²) < 4.78 is 11.0. The standard InChI is InChI=1S/C17H21N3O3S/c1-5-8-23-14-7-6-13(9-15(14)22-4)10-18-20-17-19-11(2)16(24-17)12(3)21/h6-7,9-10H,5,8H2,1-4H3,(H,19,20)/b18-10-. The van der Waals surface area contributed by atoms with Gasteiger partial charge in [0.25, 0.3) is 0 Å². The number of carbonyl (C=O) groups is 1. The quantitative estimate of drug-likeness (QED) is 0.445. The average molecular weight is 347 g/mol. The van der Waals surface area contributed by atoms with Crippen molar-refractivity contribution in [3.8, 4) is 11.5 Å². The van der Waals surface area contributed by atoms with Crippen molar-refractivity contribution in [2.45, 2.75) is 27.2 Å². The fourth-order valence-electron chi connectivity index (χ4n) is 2.03. The van der Waals surface area contributed by atoms with Crippen LogP contribution in [-0.4, -0.2) is 30.7 Å². The van der Waals surface area contributed by atoms with Crippen molar-refractivity contribution in [3.05, 3.63) is 34.3 Å². The Kier molecular flexibility index (Phi) is 6.31. The molecule has 0 aliphatic rings. The topological polar surface area (TPSA) is 72.8 Å². The predicted molar refractivity (Wildman–Crippen MR) is 96.9 cm³/mol. The highest BCUT2D eigenvalue weighted by Crippen LogP contribution is 2.28. The molecular weight excluding hydrogens is 326 g/mol. The molecule has 1 aromatic carbocycles. The van der Waals surface area contributed by atoms with Crippen LogP contribution in [0, 0.1) is 6.92 Å². The first kappa shape index (κ1) is 17.9. The van der Waals surface area contributed by atoms with E-state index in [1.165, 1.54) is 18.3 Å². The molecule has 0 aliphatic heterocycles. The lowest BCUT2D eigenvalue weighted by Gasteiger charge is -2.10. The number of nitrogens with zero attached hydrogens (tertiary/aromatic N) is 2. The molecule has 0 bridgehead atoms. The van der Waals surface area contributed by atoms with Crippen molar-refractivity contribution in [2.24, 2.45) is 5.10 Å². The fraction of sp³-hybridized carbons (Fsp3) is 0.353. The number of aromatic nitrogens is 1. The van der Waals surface area contributed by atoms with Crippen LogP contribution in [0.2, 0.25) is 0 Å². The molecule has 0 saturated heterocycles. The summed E-state index contributed by atoms with van der Waals surface area (Å²) in [6, 6.07) is 5.61. The van der Waals surface area contributed by atoms with Crippen molar-refractivity contribution in [1.29, 1.82) is 0 Å². The summed E-state index contributed by atoms with van der Waals surface area (Å²) in [5.41, 5.74) is 4.42. The monoisotopic (exact) mass is 347 g/mol. The summed E-state index contributed by atoms with van der Waals surface area (Å²) in [5, 5.41) is 4.74. The zero-order valence-electron chi connectivity index (χ0n) is 14.3. The van der Waals surface area contributed by atoms with Crippen LogP contribution in [0.3, 0.4) is 0 Å². The summed E-state index contributed by atoms with van der Waals surface area (Å²) in [6.07, 6.45) is 2.60. The Labute approximate surface area is 145 Å². The van der Waals surface area contributed by atoms with Crippen molar-refractivity contribution < 1.29 is 14.3 Å². The molecule has 128 valence electrons. The number of Topliss-reactive ketones (excluding diaryl/α,β-unsaturated/α-hetero) is 1. The molecule has 6 nitrogen and oxygen atoms in total. The van der Waals surface area contributed by atoms with Crippen LogP contribution in [0.15, 0.2) is 23.3 Å². The van der Waals surface area contributed by atoms with Crippen molar-refractivity contribution >= 4 is 28.5 Å². The van der Waals surface area contributed by atoms with Crippen LogP contribution in [-0.2, 0) is 0 Å². The maximum Gasteiger partial charge on any atom is 0.204 e. The number of nitrogens with one attached hydrogen (secondary N) is 1. The van der Waals surface area contributed by atoms with E-state index in [0.717, 1.165) is 12.0 Å². The minimum absolute atomic E-state index is 0.00874. The first-order valence-corrected chi connectivity index (χ1v) is 8.45. The summed E-state index contributed by atoms with van der Waals surface area (Å²) in [7, 11) is 1.61. The van der Waals surface area contributed by atoms with Gasteiger partial charge in [0.05, 0.1) is 30.5 Å². The summed E-state index contributed by atoms with van der Waals surface area (Å²) in [6.45, 7) is 6.04. The molecule has 0 spiro atoms. The number of benzene rings is 1. The maximum absolute atomic E-state index is 11.4. The smallest absolute Gasteiger partial charge is 0.204 e. The second-order valence-corrected chi connectivity index (χ2v) is 6.12. The van der Waals surface area contributed by atoms with E-state index in [1.807, 2.05) is 25.1 Å². The maximum atomic E-state index is 11.4. The molecule has 7 heteroatoms. The number of anilines is 1. The number of thiazole rings is 1. The molecule has 0 saturated carbocycles. The van der Waals surface area contributed by atoms with Gasteiger partial charge in [0.1, 0.15) is 0 Å². The Bertz CT molecular complexity index is 741. The van der Waals surface area contributed by atoms with Crippen molar-refractivity contribution in [2.75, 3.05) is 19.1 Å². The average Bonchev–Trinajstić information content (AvgIpc) is 2.94. The normalized spacial score (nSPS) is 10.8. The second-order valence-electron chi connectivity index (χ2n) is 5.12. The zero-order chi connectivity index (χ0) is 17.5. The molecule has 0 radical (unpaired) electrons. The second kappa shape index (κ2) is 8.44.